The predicted molar refractivity (Wildman–Crippen MR) is 78.1 cm³/mol. The molecule has 0 saturated heterocycles. The van der Waals surface area contributed by atoms with Crippen molar-refractivity contribution in [1.29, 1.82) is 0 Å². The van der Waals surface area contributed by atoms with Gasteiger partial charge < -0.3 is 10.1 Å². The van der Waals surface area contributed by atoms with Crippen LogP contribution in [0.1, 0.15) is 38.9 Å². The van der Waals surface area contributed by atoms with E-state index in [1.165, 1.54) is 0 Å². The van der Waals surface area contributed by atoms with E-state index in [1.807, 2.05) is 31.3 Å². The average molecular weight is 270 g/mol. The maximum atomic E-state index is 6.22. The monoisotopic (exact) mass is 269 g/mol. The smallest absolute Gasteiger partial charge is 0.0963 e. The number of hydrogen-bond donors (Lipinski definition) is 1. The highest BCUT2D eigenvalue weighted by atomic mass is 35.5. The SMILES string of the molecule is CNCC(OCCC(C)(C)C)c1ccccc1Cl. The molecule has 0 saturated carbocycles. The van der Waals surface area contributed by atoms with Crippen molar-refractivity contribution in [3.63, 3.8) is 0 Å². The largest absolute Gasteiger partial charge is 0.372 e. The standard InChI is InChI=1S/C15H24ClNO/c1-15(2,3)9-10-18-14(11-17-4)12-7-5-6-8-13(12)16/h5-8,14,17H,9-11H2,1-4H3. The minimum Gasteiger partial charge on any atom is -0.372 e. The lowest BCUT2D eigenvalue weighted by atomic mass is 9.93. The Hall–Kier alpha value is -0.570. The lowest BCUT2D eigenvalue weighted by Crippen LogP contribution is -2.21. The summed E-state index contributed by atoms with van der Waals surface area (Å²) in [6, 6.07) is 7.88. The third kappa shape index (κ3) is 5.38. The van der Waals surface area contributed by atoms with E-state index in [0.717, 1.165) is 30.2 Å². The van der Waals surface area contributed by atoms with E-state index in [1.54, 1.807) is 0 Å². The fraction of sp³-hybridized carbons (Fsp3) is 0.600. The van der Waals surface area contributed by atoms with Crippen molar-refractivity contribution in [1.82, 2.24) is 5.32 Å². The predicted octanol–water partition coefficient (Wildman–Crippen LogP) is 4.05. The molecule has 2 nitrogen and oxygen atoms in total. The van der Waals surface area contributed by atoms with Crippen LogP contribution in [0.4, 0.5) is 0 Å². The summed E-state index contributed by atoms with van der Waals surface area (Å²) < 4.78 is 5.98. The summed E-state index contributed by atoms with van der Waals surface area (Å²) in [6.07, 6.45) is 1.06. The van der Waals surface area contributed by atoms with Crippen LogP contribution in [-0.4, -0.2) is 20.2 Å². The van der Waals surface area contributed by atoms with Crippen molar-refractivity contribution in [2.45, 2.75) is 33.3 Å². The molecule has 1 aromatic rings. The Balaban J connectivity index is 2.63. The van der Waals surface area contributed by atoms with Gasteiger partial charge in [0.2, 0.25) is 0 Å². The molecule has 0 aliphatic carbocycles. The number of ether oxygens (including phenoxy) is 1. The molecular formula is C15H24ClNO. The Kier molecular flexibility index (Phi) is 6.13. The maximum absolute atomic E-state index is 6.22. The highest BCUT2D eigenvalue weighted by Crippen LogP contribution is 2.26. The Morgan fingerprint density at radius 1 is 1.28 bits per heavy atom. The second-order valence-corrected chi connectivity index (χ2v) is 6.16. The second kappa shape index (κ2) is 7.13. The van der Waals surface area contributed by atoms with Crippen LogP contribution >= 0.6 is 11.6 Å². The zero-order valence-corrected chi connectivity index (χ0v) is 12.6. The molecule has 0 bridgehead atoms. The van der Waals surface area contributed by atoms with E-state index in [0.29, 0.717) is 5.41 Å². The summed E-state index contributed by atoms with van der Waals surface area (Å²) in [5.41, 5.74) is 1.35. The molecule has 1 rings (SSSR count). The maximum Gasteiger partial charge on any atom is 0.0963 e. The molecule has 0 aliphatic heterocycles. The van der Waals surface area contributed by atoms with Crippen LogP contribution in [0.3, 0.4) is 0 Å². The summed E-state index contributed by atoms with van der Waals surface area (Å²) in [5, 5.41) is 3.93. The quantitative estimate of drug-likeness (QED) is 0.841. The number of benzene rings is 1. The molecular weight excluding hydrogens is 246 g/mol. The van der Waals surface area contributed by atoms with Crippen LogP contribution < -0.4 is 5.32 Å². The van der Waals surface area contributed by atoms with Gasteiger partial charge in [-0.3, -0.25) is 0 Å². The highest BCUT2D eigenvalue weighted by Gasteiger charge is 2.16. The first-order valence-electron chi connectivity index (χ1n) is 6.44. The summed E-state index contributed by atoms with van der Waals surface area (Å²) in [7, 11) is 1.93. The molecule has 1 atom stereocenters. The van der Waals surface area contributed by atoms with Crippen molar-refractivity contribution >= 4 is 11.6 Å². The van der Waals surface area contributed by atoms with Gasteiger partial charge in [-0.25, -0.2) is 0 Å². The van der Waals surface area contributed by atoms with Crippen LogP contribution in [-0.2, 0) is 4.74 Å². The number of halogens is 1. The van der Waals surface area contributed by atoms with Gasteiger partial charge in [-0.05, 0) is 24.9 Å². The summed E-state index contributed by atoms with van der Waals surface area (Å²) in [4.78, 5) is 0. The lowest BCUT2D eigenvalue weighted by Gasteiger charge is -2.23. The third-order valence-electron chi connectivity index (χ3n) is 2.81. The molecule has 0 amide bonds. The van der Waals surface area contributed by atoms with Gasteiger partial charge in [-0.15, -0.1) is 0 Å². The van der Waals surface area contributed by atoms with Crippen LogP contribution in [0.5, 0.6) is 0 Å². The van der Waals surface area contributed by atoms with Gasteiger partial charge in [0.1, 0.15) is 0 Å². The van der Waals surface area contributed by atoms with E-state index in [4.69, 9.17) is 16.3 Å². The third-order valence-corrected chi connectivity index (χ3v) is 3.16. The van der Waals surface area contributed by atoms with E-state index >= 15 is 0 Å². The number of likely N-dealkylation sites (N-methyl/N-ethyl adjacent to an activating group) is 1. The molecule has 0 aromatic heterocycles. The molecule has 1 aromatic carbocycles. The Morgan fingerprint density at radius 3 is 2.50 bits per heavy atom. The molecule has 18 heavy (non-hydrogen) atoms. The number of hydrogen-bond acceptors (Lipinski definition) is 2. The topological polar surface area (TPSA) is 21.3 Å². The zero-order valence-electron chi connectivity index (χ0n) is 11.8. The first-order valence-corrected chi connectivity index (χ1v) is 6.82. The van der Waals surface area contributed by atoms with Gasteiger partial charge in [0.05, 0.1) is 6.10 Å². The minimum absolute atomic E-state index is 0.0195. The van der Waals surface area contributed by atoms with E-state index in [-0.39, 0.29) is 6.10 Å². The summed E-state index contributed by atoms with van der Waals surface area (Å²) >= 11 is 6.22. The summed E-state index contributed by atoms with van der Waals surface area (Å²) in [6.45, 7) is 8.19. The second-order valence-electron chi connectivity index (χ2n) is 5.75. The van der Waals surface area contributed by atoms with Crippen molar-refractivity contribution < 1.29 is 4.74 Å². The van der Waals surface area contributed by atoms with Gasteiger partial charge in [0.15, 0.2) is 0 Å². The van der Waals surface area contributed by atoms with E-state index in [9.17, 15) is 0 Å². The van der Waals surface area contributed by atoms with E-state index < -0.39 is 0 Å². The van der Waals surface area contributed by atoms with E-state index in [2.05, 4.69) is 26.1 Å². The van der Waals surface area contributed by atoms with Gasteiger partial charge in [0.25, 0.3) is 0 Å². The fourth-order valence-electron chi connectivity index (χ4n) is 1.69. The van der Waals surface area contributed by atoms with Gasteiger partial charge >= 0.3 is 0 Å². The highest BCUT2D eigenvalue weighted by molar-refractivity contribution is 6.31. The van der Waals surface area contributed by atoms with Gasteiger partial charge in [-0.1, -0.05) is 50.6 Å². The average Bonchev–Trinajstić information content (AvgIpc) is 2.27. The molecule has 0 fully saturated rings. The Labute approximate surface area is 116 Å². The van der Waals surface area contributed by atoms with Gasteiger partial charge in [-0.2, -0.15) is 0 Å². The molecule has 102 valence electrons. The molecule has 3 heteroatoms. The van der Waals surface area contributed by atoms with Crippen LogP contribution in [0, 0.1) is 5.41 Å². The molecule has 1 unspecified atom stereocenters. The minimum atomic E-state index is 0.0195. The van der Waals surface area contributed by atoms with Crippen molar-refractivity contribution in [2.24, 2.45) is 5.41 Å². The normalized spacial score (nSPS) is 13.6. The molecule has 0 spiro atoms. The molecule has 0 radical (unpaired) electrons. The van der Waals surface area contributed by atoms with Crippen LogP contribution in [0.25, 0.3) is 0 Å². The van der Waals surface area contributed by atoms with Crippen molar-refractivity contribution in [2.75, 3.05) is 20.2 Å². The molecule has 0 heterocycles. The Bertz CT molecular complexity index is 360. The van der Waals surface area contributed by atoms with Crippen molar-refractivity contribution in [3.05, 3.63) is 34.9 Å². The number of rotatable bonds is 6. The Morgan fingerprint density at radius 2 is 1.94 bits per heavy atom. The lowest BCUT2D eigenvalue weighted by molar-refractivity contribution is 0.0382. The first-order chi connectivity index (χ1) is 8.44. The van der Waals surface area contributed by atoms with Gasteiger partial charge in [0, 0.05) is 23.7 Å². The summed E-state index contributed by atoms with van der Waals surface area (Å²) in [5.74, 6) is 0. The van der Waals surface area contributed by atoms with Crippen LogP contribution in [0.15, 0.2) is 24.3 Å². The number of nitrogens with one attached hydrogen (secondary N) is 1. The zero-order chi connectivity index (χ0) is 13.6. The molecule has 1 N–H and O–H groups in total. The van der Waals surface area contributed by atoms with Crippen molar-refractivity contribution in [3.8, 4) is 0 Å². The molecule has 0 aliphatic rings. The first kappa shape index (κ1) is 15.5. The fourth-order valence-corrected chi connectivity index (χ4v) is 1.95. The van der Waals surface area contributed by atoms with Crippen LogP contribution in [0.2, 0.25) is 5.02 Å².